The van der Waals surface area contributed by atoms with Gasteiger partial charge in [0.05, 0.1) is 26.9 Å². The molecule has 98 valence electrons. The lowest BCUT2D eigenvalue weighted by Crippen LogP contribution is -2.26. The summed E-state index contributed by atoms with van der Waals surface area (Å²) in [6, 6.07) is 4.16. The molecule has 2 heterocycles. The Hall–Kier alpha value is -1.26. The molecule has 4 heteroatoms. The second-order valence-electron chi connectivity index (χ2n) is 5.08. The fourth-order valence-corrected chi connectivity index (χ4v) is 3.03. The van der Waals surface area contributed by atoms with Crippen LogP contribution in [-0.2, 0) is 11.3 Å². The molecule has 0 aromatic heterocycles. The number of fused-ring (bicyclic) bond motifs is 3. The van der Waals surface area contributed by atoms with Crippen LogP contribution in [0.5, 0.6) is 11.5 Å². The smallest absolute Gasteiger partial charge is 0.161 e. The summed E-state index contributed by atoms with van der Waals surface area (Å²) in [5, 5.41) is 0. The molecule has 0 radical (unpaired) electrons. The summed E-state index contributed by atoms with van der Waals surface area (Å²) in [5.74, 6) is 2.05. The number of hydrogen-bond acceptors (Lipinski definition) is 4. The molecule has 4 nitrogen and oxygen atoms in total. The lowest BCUT2D eigenvalue weighted by atomic mass is 9.89. The summed E-state index contributed by atoms with van der Waals surface area (Å²) in [4.78, 5) is 2.32. The van der Waals surface area contributed by atoms with E-state index >= 15 is 0 Å². The molecule has 2 aliphatic rings. The first-order valence-corrected chi connectivity index (χ1v) is 6.28. The van der Waals surface area contributed by atoms with Gasteiger partial charge >= 0.3 is 0 Å². The fraction of sp³-hybridized carbons (Fsp3) is 0.571. The molecule has 1 aromatic rings. The highest BCUT2D eigenvalue weighted by molar-refractivity contribution is 5.49. The van der Waals surface area contributed by atoms with Crippen molar-refractivity contribution in [3.63, 3.8) is 0 Å². The highest BCUT2D eigenvalue weighted by atomic mass is 16.5. The lowest BCUT2D eigenvalue weighted by molar-refractivity contribution is 0.0260. The van der Waals surface area contributed by atoms with Crippen molar-refractivity contribution in [3.05, 3.63) is 23.3 Å². The number of benzene rings is 1. The van der Waals surface area contributed by atoms with Crippen LogP contribution in [0.2, 0.25) is 0 Å². The SMILES string of the molecule is COc1cc2c(cc1OC)[C@H]1CN(C)C[C@@H]1OC2. The molecule has 0 aliphatic carbocycles. The van der Waals surface area contributed by atoms with Crippen LogP contribution in [0.4, 0.5) is 0 Å². The summed E-state index contributed by atoms with van der Waals surface area (Å²) in [6.07, 6.45) is 0.320. The zero-order valence-corrected chi connectivity index (χ0v) is 11.1. The molecule has 3 rings (SSSR count). The van der Waals surface area contributed by atoms with Crippen molar-refractivity contribution < 1.29 is 14.2 Å². The minimum absolute atomic E-state index is 0.320. The topological polar surface area (TPSA) is 30.9 Å². The Kier molecular flexibility index (Phi) is 2.92. The highest BCUT2D eigenvalue weighted by Gasteiger charge is 2.37. The van der Waals surface area contributed by atoms with Gasteiger partial charge < -0.3 is 19.1 Å². The van der Waals surface area contributed by atoms with Gasteiger partial charge in [0.2, 0.25) is 0 Å². The number of rotatable bonds is 2. The maximum atomic E-state index is 5.93. The third kappa shape index (κ3) is 1.76. The zero-order chi connectivity index (χ0) is 12.7. The van der Waals surface area contributed by atoms with Crippen molar-refractivity contribution in [2.45, 2.75) is 18.6 Å². The molecule has 0 saturated carbocycles. The largest absolute Gasteiger partial charge is 0.493 e. The Morgan fingerprint density at radius 2 is 1.89 bits per heavy atom. The van der Waals surface area contributed by atoms with Crippen molar-refractivity contribution in [2.24, 2.45) is 0 Å². The Balaban J connectivity index is 2.03. The van der Waals surface area contributed by atoms with Gasteiger partial charge in [0.25, 0.3) is 0 Å². The van der Waals surface area contributed by atoms with E-state index in [1.54, 1.807) is 14.2 Å². The van der Waals surface area contributed by atoms with Crippen LogP contribution in [0.1, 0.15) is 17.0 Å². The normalized spacial score (nSPS) is 26.6. The third-order valence-corrected chi connectivity index (χ3v) is 3.95. The second-order valence-corrected chi connectivity index (χ2v) is 5.08. The zero-order valence-electron chi connectivity index (χ0n) is 11.1. The summed E-state index contributed by atoms with van der Waals surface area (Å²) in [7, 11) is 5.49. The standard InChI is InChI=1S/C14H19NO3/c1-15-6-11-10-5-13(17-3)12(16-2)4-9(10)8-18-14(11)7-15/h4-5,11,14H,6-8H2,1-3H3/t11-,14+/m1/s1. The van der Waals surface area contributed by atoms with Crippen LogP contribution in [-0.4, -0.2) is 45.4 Å². The van der Waals surface area contributed by atoms with Crippen LogP contribution < -0.4 is 9.47 Å². The molecule has 2 atom stereocenters. The maximum Gasteiger partial charge on any atom is 0.161 e. The molecule has 0 bridgehead atoms. The lowest BCUT2D eigenvalue weighted by Gasteiger charge is -2.28. The van der Waals surface area contributed by atoms with Crippen molar-refractivity contribution in [2.75, 3.05) is 34.4 Å². The van der Waals surface area contributed by atoms with Gasteiger partial charge in [-0.25, -0.2) is 0 Å². The van der Waals surface area contributed by atoms with Crippen molar-refractivity contribution in [1.29, 1.82) is 0 Å². The Morgan fingerprint density at radius 1 is 1.17 bits per heavy atom. The van der Waals surface area contributed by atoms with Gasteiger partial charge in [-0.3, -0.25) is 0 Å². The van der Waals surface area contributed by atoms with Gasteiger partial charge in [-0.15, -0.1) is 0 Å². The van der Waals surface area contributed by atoms with Gasteiger partial charge in [-0.05, 0) is 30.3 Å². The number of likely N-dealkylation sites (tertiary alicyclic amines) is 1. The van der Waals surface area contributed by atoms with E-state index < -0.39 is 0 Å². The van der Waals surface area contributed by atoms with Gasteiger partial charge in [0, 0.05) is 19.0 Å². The van der Waals surface area contributed by atoms with Crippen LogP contribution in [0.3, 0.4) is 0 Å². The second kappa shape index (κ2) is 4.44. The molecule has 0 unspecified atom stereocenters. The number of hydrogen-bond donors (Lipinski definition) is 0. The minimum Gasteiger partial charge on any atom is -0.493 e. The monoisotopic (exact) mass is 249 g/mol. The molecule has 0 N–H and O–H groups in total. The molecule has 0 amide bonds. The number of methoxy groups -OCH3 is 2. The molecule has 1 aromatic carbocycles. The fourth-order valence-electron chi connectivity index (χ4n) is 3.03. The van der Waals surface area contributed by atoms with E-state index in [4.69, 9.17) is 14.2 Å². The number of nitrogens with zero attached hydrogens (tertiary/aromatic N) is 1. The molecular formula is C14H19NO3. The predicted octanol–water partition coefficient (Wildman–Crippen LogP) is 1.63. The van der Waals surface area contributed by atoms with Crippen molar-refractivity contribution in [3.8, 4) is 11.5 Å². The van der Waals surface area contributed by atoms with Gasteiger partial charge in [-0.1, -0.05) is 0 Å². The van der Waals surface area contributed by atoms with Crippen LogP contribution in [0.25, 0.3) is 0 Å². The highest BCUT2D eigenvalue weighted by Crippen LogP contribution is 2.41. The Labute approximate surface area is 107 Å². The third-order valence-electron chi connectivity index (χ3n) is 3.95. The first-order chi connectivity index (χ1) is 8.72. The number of likely N-dealkylation sites (N-methyl/N-ethyl adjacent to an activating group) is 1. The summed E-state index contributed by atoms with van der Waals surface area (Å²) in [5.41, 5.74) is 2.58. The van der Waals surface area contributed by atoms with E-state index in [9.17, 15) is 0 Å². The minimum atomic E-state index is 0.320. The van der Waals surface area contributed by atoms with Gasteiger partial charge in [-0.2, -0.15) is 0 Å². The van der Waals surface area contributed by atoms with E-state index in [0.717, 1.165) is 24.6 Å². The van der Waals surface area contributed by atoms with Crippen LogP contribution in [0, 0.1) is 0 Å². The average molecular weight is 249 g/mol. The van der Waals surface area contributed by atoms with Crippen molar-refractivity contribution in [1.82, 2.24) is 4.90 Å². The first kappa shape index (κ1) is 11.8. The molecule has 0 spiro atoms. The molecule has 1 fully saturated rings. The maximum absolute atomic E-state index is 5.93. The van der Waals surface area contributed by atoms with Crippen LogP contribution in [0.15, 0.2) is 12.1 Å². The molecular weight excluding hydrogens is 230 g/mol. The summed E-state index contributed by atoms with van der Waals surface area (Å²) >= 11 is 0. The molecule has 2 aliphatic heterocycles. The molecule has 1 saturated heterocycles. The van der Waals surface area contributed by atoms with Gasteiger partial charge in [0.15, 0.2) is 11.5 Å². The van der Waals surface area contributed by atoms with Crippen LogP contribution >= 0.6 is 0 Å². The number of ether oxygens (including phenoxy) is 3. The Morgan fingerprint density at radius 3 is 2.61 bits per heavy atom. The van der Waals surface area contributed by atoms with Gasteiger partial charge in [0.1, 0.15) is 0 Å². The quantitative estimate of drug-likeness (QED) is 0.797. The Bertz CT molecular complexity index is 461. The van der Waals surface area contributed by atoms with E-state index in [1.165, 1.54) is 11.1 Å². The molecule has 18 heavy (non-hydrogen) atoms. The first-order valence-electron chi connectivity index (χ1n) is 6.28. The van der Waals surface area contributed by atoms with Crippen molar-refractivity contribution >= 4 is 0 Å². The predicted molar refractivity (Wildman–Crippen MR) is 68.4 cm³/mol. The van der Waals surface area contributed by atoms with E-state index in [2.05, 4.69) is 18.0 Å². The van der Waals surface area contributed by atoms with E-state index in [0.29, 0.717) is 18.6 Å². The van der Waals surface area contributed by atoms with E-state index in [1.807, 2.05) is 6.07 Å². The summed E-state index contributed by atoms with van der Waals surface area (Å²) in [6.45, 7) is 2.73. The summed E-state index contributed by atoms with van der Waals surface area (Å²) < 4.78 is 16.7. The average Bonchev–Trinajstić information content (AvgIpc) is 2.77. The van der Waals surface area contributed by atoms with E-state index in [-0.39, 0.29) is 0 Å².